The number of amides is 2. The zero-order valence-electron chi connectivity index (χ0n) is 17.9. The predicted octanol–water partition coefficient (Wildman–Crippen LogP) is 4.02. The van der Waals surface area contributed by atoms with Gasteiger partial charge in [-0.25, -0.2) is 0 Å². The summed E-state index contributed by atoms with van der Waals surface area (Å²) in [7, 11) is 0. The highest BCUT2D eigenvalue weighted by Gasteiger charge is 2.27. The van der Waals surface area contributed by atoms with Gasteiger partial charge in [-0.05, 0) is 43.0 Å². The molecule has 32 heavy (non-hydrogen) atoms. The summed E-state index contributed by atoms with van der Waals surface area (Å²) in [5.41, 5.74) is 4.52. The standard InChI is InChI=1S/C25H24N4O2S/c1-17-5-4-6-18(13-17)8-9-23(30)28-25-21(15-26)20-10-12-29(16-22(20)32-25)24(31)14-19-7-2-3-11-27-19/h2-7,11,13H,8-10,12,14,16H2,1H3,(H,28,30). The third kappa shape index (κ3) is 5.04. The van der Waals surface area contributed by atoms with Crippen molar-refractivity contribution in [2.45, 2.75) is 39.2 Å². The molecule has 1 N–H and O–H groups in total. The van der Waals surface area contributed by atoms with Crippen LogP contribution in [0.15, 0.2) is 48.7 Å². The number of aryl methyl sites for hydroxylation is 2. The zero-order chi connectivity index (χ0) is 22.5. The number of anilines is 1. The SMILES string of the molecule is Cc1cccc(CCC(=O)Nc2sc3c(c2C#N)CCN(C(=O)Cc2ccccn2)C3)c1. The van der Waals surface area contributed by atoms with Gasteiger partial charge in [-0.15, -0.1) is 11.3 Å². The summed E-state index contributed by atoms with van der Waals surface area (Å²) in [6.07, 6.45) is 3.56. The van der Waals surface area contributed by atoms with Crippen molar-refractivity contribution in [3.05, 3.63) is 81.5 Å². The molecule has 0 atom stereocenters. The molecule has 7 heteroatoms. The lowest BCUT2D eigenvalue weighted by Gasteiger charge is -2.27. The van der Waals surface area contributed by atoms with Crippen molar-refractivity contribution in [2.75, 3.05) is 11.9 Å². The van der Waals surface area contributed by atoms with Crippen molar-refractivity contribution in [2.24, 2.45) is 0 Å². The van der Waals surface area contributed by atoms with E-state index < -0.39 is 0 Å². The van der Waals surface area contributed by atoms with Crippen molar-refractivity contribution in [1.29, 1.82) is 5.26 Å². The van der Waals surface area contributed by atoms with Gasteiger partial charge in [0.15, 0.2) is 0 Å². The number of pyridine rings is 1. The Morgan fingerprint density at radius 1 is 1.25 bits per heavy atom. The molecule has 0 bridgehead atoms. The number of benzene rings is 1. The average molecular weight is 445 g/mol. The highest BCUT2D eigenvalue weighted by atomic mass is 32.1. The van der Waals surface area contributed by atoms with Crippen LogP contribution >= 0.6 is 11.3 Å². The average Bonchev–Trinajstić information content (AvgIpc) is 3.14. The van der Waals surface area contributed by atoms with Gasteiger partial charge in [0.2, 0.25) is 11.8 Å². The number of nitrogens with one attached hydrogen (secondary N) is 1. The minimum atomic E-state index is -0.107. The van der Waals surface area contributed by atoms with Crippen molar-refractivity contribution >= 4 is 28.2 Å². The van der Waals surface area contributed by atoms with Gasteiger partial charge in [-0.1, -0.05) is 35.9 Å². The van der Waals surface area contributed by atoms with Crippen molar-refractivity contribution < 1.29 is 9.59 Å². The first-order valence-electron chi connectivity index (χ1n) is 10.6. The summed E-state index contributed by atoms with van der Waals surface area (Å²) in [5.74, 6) is -0.0883. The molecule has 3 heterocycles. The fourth-order valence-electron chi connectivity index (χ4n) is 3.91. The first-order chi connectivity index (χ1) is 15.5. The van der Waals surface area contributed by atoms with Crippen molar-refractivity contribution in [1.82, 2.24) is 9.88 Å². The molecule has 0 aliphatic carbocycles. The first-order valence-corrected chi connectivity index (χ1v) is 11.4. The van der Waals surface area contributed by atoms with Crippen LogP contribution in [0.25, 0.3) is 0 Å². The zero-order valence-corrected chi connectivity index (χ0v) is 18.7. The second-order valence-electron chi connectivity index (χ2n) is 7.92. The third-order valence-corrected chi connectivity index (χ3v) is 6.69. The summed E-state index contributed by atoms with van der Waals surface area (Å²) in [5, 5.41) is 13.2. The maximum atomic E-state index is 12.7. The number of rotatable bonds is 6. The Bertz CT molecular complexity index is 1180. The van der Waals surface area contributed by atoms with Crippen LogP contribution in [0.1, 0.15) is 39.2 Å². The summed E-state index contributed by atoms with van der Waals surface area (Å²) < 4.78 is 0. The monoisotopic (exact) mass is 444 g/mol. The molecule has 0 fully saturated rings. The molecule has 0 spiro atoms. The van der Waals surface area contributed by atoms with E-state index >= 15 is 0 Å². The van der Waals surface area contributed by atoms with Gasteiger partial charge in [0.05, 0.1) is 18.5 Å². The van der Waals surface area contributed by atoms with Gasteiger partial charge in [0.1, 0.15) is 11.1 Å². The molecule has 6 nitrogen and oxygen atoms in total. The van der Waals surface area contributed by atoms with Crippen LogP contribution in [0.3, 0.4) is 0 Å². The van der Waals surface area contributed by atoms with E-state index in [1.807, 2.05) is 43.3 Å². The molecule has 1 aromatic carbocycles. The lowest BCUT2D eigenvalue weighted by molar-refractivity contribution is -0.131. The molecular weight excluding hydrogens is 420 g/mol. The summed E-state index contributed by atoms with van der Waals surface area (Å²) >= 11 is 1.40. The normalized spacial score (nSPS) is 12.7. The summed E-state index contributed by atoms with van der Waals surface area (Å²) in [6, 6.07) is 15.9. The Morgan fingerprint density at radius 2 is 2.12 bits per heavy atom. The number of nitriles is 1. The van der Waals surface area contributed by atoms with Crippen molar-refractivity contribution in [3.8, 4) is 6.07 Å². The van der Waals surface area contributed by atoms with Gasteiger partial charge >= 0.3 is 0 Å². The van der Waals surface area contributed by atoms with Crippen LogP contribution in [0, 0.1) is 18.3 Å². The highest BCUT2D eigenvalue weighted by Crippen LogP contribution is 2.36. The quantitative estimate of drug-likeness (QED) is 0.622. The first kappa shape index (κ1) is 21.7. The Kier molecular flexibility index (Phi) is 6.62. The van der Waals surface area contributed by atoms with E-state index in [1.165, 1.54) is 16.9 Å². The molecular formula is C25H24N4O2S. The van der Waals surface area contributed by atoms with Gasteiger partial charge in [-0.2, -0.15) is 5.26 Å². The molecule has 4 rings (SSSR count). The highest BCUT2D eigenvalue weighted by molar-refractivity contribution is 7.16. The van der Waals surface area contributed by atoms with E-state index in [2.05, 4.69) is 22.4 Å². The Labute approximate surface area is 191 Å². The van der Waals surface area contributed by atoms with Crippen LogP contribution in [-0.2, 0) is 35.4 Å². The summed E-state index contributed by atoms with van der Waals surface area (Å²) in [6.45, 7) is 3.05. The number of hydrogen-bond donors (Lipinski definition) is 1. The molecule has 0 radical (unpaired) electrons. The van der Waals surface area contributed by atoms with E-state index in [1.54, 1.807) is 11.1 Å². The predicted molar refractivity (Wildman–Crippen MR) is 124 cm³/mol. The number of carbonyl (C=O) groups is 2. The topological polar surface area (TPSA) is 86.1 Å². The van der Waals surface area contributed by atoms with E-state index in [0.29, 0.717) is 42.9 Å². The van der Waals surface area contributed by atoms with Crippen LogP contribution < -0.4 is 5.32 Å². The Morgan fingerprint density at radius 3 is 2.88 bits per heavy atom. The number of fused-ring (bicyclic) bond motifs is 1. The van der Waals surface area contributed by atoms with Crippen LogP contribution in [0.2, 0.25) is 0 Å². The molecule has 0 saturated carbocycles. The van der Waals surface area contributed by atoms with E-state index in [4.69, 9.17) is 0 Å². The fraction of sp³-hybridized carbons (Fsp3) is 0.280. The molecule has 2 amide bonds. The number of nitrogens with zero attached hydrogens (tertiary/aromatic N) is 3. The molecule has 0 unspecified atom stereocenters. The van der Waals surface area contributed by atoms with Crippen LogP contribution in [0.4, 0.5) is 5.00 Å². The lowest BCUT2D eigenvalue weighted by Crippen LogP contribution is -2.36. The van der Waals surface area contributed by atoms with Gasteiger partial charge in [0.25, 0.3) is 0 Å². The molecule has 3 aromatic rings. The largest absolute Gasteiger partial charge is 0.337 e. The van der Waals surface area contributed by atoms with Gasteiger partial charge < -0.3 is 10.2 Å². The summed E-state index contributed by atoms with van der Waals surface area (Å²) in [4.78, 5) is 32.3. The number of aromatic nitrogens is 1. The minimum Gasteiger partial charge on any atom is -0.337 e. The maximum absolute atomic E-state index is 12.7. The number of carbonyl (C=O) groups excluding carboxylic acids is 2. The maximum Gasteiger partial charge on any atom is 0.228 e. The molecule has 162 valence electrons. The Hall–Kier alpha value is -3.50. The molecule has 0 saturated heterocycles. The van der Waals surface area contributed by atoms with Crippen molar-refractivity contribution in [3.63, 3.8) is 0 Å². The second-order valence-corrected chi connectivity index (χ2v) is 9.03. The molecule has 1 aliphatic heterocycles. The number of thiophene rings is 1. The van der Waals surface area contributed by atoms with Crippen LogP contribution in [-0.4, -0.2) is 28.2 Å². The van der Waals surface area contributed by atoms with Crippen LogP contribution in [0.5, 0.6) is 0 Å². The number of hydrogen-bond acceptors (Lipinski definition) is 5. The van der Waals surface area contributed by atoms with E-state index in [0.717, 1.165) is 21.7 Å². The Balaban J connectivity index is 1.41. The smallest absolute Gasteiger partial charge is 0.228 e. The van der Waals surface area contributed by atoms with Gasteiger partial charge in [0, 0.05) is 29.7 Å². The third-order valence-electron chi connectivity index (χ3n) is 5.56. The fourth-order valence-corrected chi connectivity index (χ4v) is 5.14. The second kappa shape index (κ2) is 9.75. The van der Waals surface area contributed by atoms with E-state index in [9.17, 15) is 14.9 Å². The minimum absolute atomic E-state index is 0.0185. The lowest BCUT2D eigenvalue weighted by atomic mass is 10.0. The van der Waals surface area contributed by atoms with E-state index in [-0.39, 0.29) is 18.2 Å². The molecule has 2 aromatic heterocycles. The van der Waals surface area contributed by atoms with Gasteiger partial charge in [-0.3, -0.25) is 14.6 Å². The molecule has 1 aliphatic rings.